The van der Waals surface area contributed by atoms with Gasteiger partial charge >= 0.3 is 12.0 Å². The Kier molecular flexibility index (Phi) is 8.62. The van der Waals surface area contributed by atoms with Crippen LogP contribution in [0.15, 0.2) is 0 Å². The number of nitrogens with one attached hydrogen (secondary N) is 2. The van der Waals surface area contributed by atoms with Crippen molar-refractivity contribution in [3.8, 4) is 0 Å². The van der Waals surface area contributed by atoms with Crippen molar-refractivity contribution in [1.29, 1.82) is 0 Å². The molecule has 0 fully saturated rings. The predicted molar refractivity (Wildman–Crippen MR) is 75.0 cm³/mol. The highest BCUT2D eigenvalue weighted by Gasteiger charge is 2.19. The minimum absolute atomic E-state index is 0.0493. The number of carbonyl (C=O) groups excluding carboxylic acids is 1. The zero-order chi connectivity index (χ0) is 14.1. The van der Waals surface area contributed by atoms with Gasteiger partial charge in [0.25, 0.3) is 0 Å². The van der Waals surface area contributed by atoms with E-state index in [1.54, 1.807) is 11.8 Å². The van der Waals surface area contributed by atoms with Gasteiger partial charge in [-0.2, -0.15) is 11.8 Å². The largest absolute Gasteiger partial charge is 0.481 e. The van der Waals surface area contributed by atoms with E-state index >= 15 is 0 Å². The lowest BCUT2D eigenvalue weighted by molar-refractivity contribution is -0.137. The summed E-state index contributed by atoms with van der Waals surface area (Å²) in [5.41, 5.74) is 0. The molecular formula is C12H24N2O3S. The van der Waals surface area contributed by atoms with Gasteiger partial charge in [-0.15, -0.1) is 0 Å². The third kappa shape index (κ3) is 8.22. The second-order valence-corrected chi connectivity index (χ2v) is 5.96. The molecule has 0 bridgehead atoms. The van der Waals surface area contributed by atoms with E-state index in [1.807, 2.05) is 20.1 Å². The van der Waals surface area contributed by atoms with E-state index in [9.17, 15) is 9.59 Å². The standard InChI is InChI=1S/C12H24N2O3S/c1-8(2)10(7-11(15)16)14-12(17)13-6-5-9(3)18-4/h8-10H,5-7H2,1-4H3,(H,15,16)(H2,13,14,17). The van der Waals surface area contributed by atoms with Crippen LogP contribution in [0.1, 0.15) is 33.6 Å². The number of carbonyl (C=O) groups is 2. The summed E-state index contributed by atoms with van der Waals surface area (Å²) in [7, 11) is 0. The van der Waals surface area contributed by atoms with Gasteiger partial charge in [0.2, 0.25) is 0 Å². The second-order valence-electron chi connectivity index (χ2n) is 4.68. The molecule has 106 valence electrons. The summed E-state index contributed by atoms with van der Waals surface area (Å²) in [6, 6.07) is -0.622. The number of amides is 2. The number of carboxylic acid groups (broad SMARTS) is 1. The molecule has 2 amide bonds. The Morgan fingerprint density at radius 1 is 1.28 bits per heavy atom. The monoisotopic (exact) mass is 276 g/mol. The molecule has 2 atom stereocenters. The van der Waals surface area contributed by atoms with Crippen molar-refractivity contribution >= 4 is 23.8 Å². The average Bonchev–Trinajstić information content (AvgIpc) is 2.27. The molecule has 0 heterocycles. The summed E-state index contributed by atoms with van der Waals surface area (Å²) in [6.07, 6.45) is 2.89. The van der Waals surface area contributed by atoms with E-state index in [1.165, 1.54) is 0 Å². The number of hydrogen-bond donors (Lipinski definition) is 3. The molecule has 0 rings (SSSR count). The molecule has 0 aromatic heterocycles. The van der Waals surface area contributed by atoms with E-state index in [0.717, 1.165) is 6.42 Å². The number of carboxylic acids is 1. The third-order valence-corrected chi connectivity index (χ3v) is 3.79. The van der Waals surface area contributed by atoms with Crippen molar-refractivity contribution in [2.24, 2.45) is 5.92 Å². The zero-order valence-electron chi connectivity index (χ0n) is 11.5. The van der Waals surface area contributed by atoms with Crippen LogP contribution in [-0.4, -0.2) is 41.2 Å². The fourth-order valence-electron chi connectivity index (χ4n) is 1.37. The number of hydrogen-bond acceptors (Lipinski definition) is 3. The average molecular weight is 276 g/mol. The molecular weight excluding hydrogens is 252 g/mol. The summed E-state index contributed by atoms with van der Waals surface area (Å²) < 4.78 is 0. The first-order valence-electron chi connectivity index (χ1n) is 6.15. The molecule has 0 aliphatic rings. The molecule has 5 nitrogen and oxygen atoms in total. The van der Waals surface area contributed by atoms with Crippen molar-refractivity contribution in [3.63, 3.8) is 0 Å². The highest BCUT2D eigenvalue weighted by Crippen LogP contribution is 2.08. The molecule has 0 radical (unpaired) electrons. The molecule has 0 spiro atoms. The van der Waals surface area contributed by atoms with Crippen LogP contribution in [0.25, 0.3) is 0 Å². The normalized spacial score (nSPS) is 14.1. The van der Waals surface area contributed by atoms with Gasteiger partial charge in [-0.1, -0.05) is 20.8 Å². The smallest absolute Gasteiger partial charge is 0.315 e. The van der Waals surface area contributed by atoms with Gasteiger partial charge in [-0.25, -0.2) is 4.79 Å². The van der Waals surface area contributed by atoms with Gasteiger partial charge in [0.05, 0.1) is 6.42 Å². The van der Waals surface area contributed by atoms with Crippen LogP contribution in [0, 0.1) is 5.92 Å². The Morgan fingerprint density at radius 2 is 1.89 bits per heavy atom. The first-order valence-corrected chi connectivity index (χ1v) is 7.44. The topological polar surface area (TPSA) is 78.4 Å². The second kappa shape index (κ2) is 9.08. The Hall–Kier alpha value is -0.910. The molecule has 3 N–H and O–H groups in total. The lowest BCUT2D eigenvalue weighted by Gasteiger charge is -2.21. The van der Waals surface area contributed by atoms with E-state index in [4.69, 9.17) is 5.11 Å². The molecule has 0 aromatic rings. The lowest BCUT2D eigenvalue weighted by atomic mass is 10.0. The first-order chi connectivity index (χ1) is 8.36. The minimum atomic E-state index is -0.898. The van der Waals surface area contributed by atoms with Crippen molar-refractivity contribution in [3.05, 3.63) is 0 Å². The van der Waals surface area contributed by atoms with E-state index in [2.05, 4.69) is 17.6 Å². The molecule has 0 saturated carbocycles. The summed E-state index contributed by atoms with van der Waals surface area (Å²) in [4.78, 5) is 22.3. The summed E-state index contributed by atoms with van der Waals surface area (Å²) >= 11 is 1.75. The highest BCUT2D eigenvalue weighted by atomic mass is 32.2. The predicted octanol–water partition coefficient (Wildman–Crippen LogP) is 1.93. The molecule has 0 aliphatic heterocycles. The van der Waals surface area contributed by atoms with Crippen LogP contribution in [0.3, 0.4) is 0 Å². The Bertz CT molecular complexity index is 272. The summed E-state index contributed by atoms with van der Waals surface area (Å²) in [6.45, 7) is 6.49. The SMILES string of the molecule is CSC(C)CCNC(=O)NC(CC(=O)O)C(C)C. The quantitative estimate of drug-likeness (QED) is 0.633. The van der Waals surface area contributed by atoms with Gasteiger partial charge in [-0.05, 0) is 18.6 Å². The van der Waals surface area contributed by atoms with Gasteiger partial charge < -0.3 is 15.7 Å². The number of thioether (sulfide) groups is 1. The van der Waals surface area contributed by atoms with Gasteiger partial charge in [0, 0.05) is 17.8 Å². The highest BCUT2D eigenvalue weighted by molar-refractivity contribution is 7.99. The van der Waals surface area contributed by atoms with Gasteiger partial charge in [0.15, 0.2) is 0 Å². The van der Waals surface area contributed by atoms with Crippen LogP contribution in [0.4, 0.5) is 4.79 Å². The molecule has 6 heteroatoms. The maximum Gasteiger partial charge on any atom is 0.315 e. The maximum absolute atomic E-state index is 11.6. The third-order valence-electron chi connectivity index (χ3n) is 2.75. The minimum Gasteiger partial charge on any atom is -0.481 e. The van der Waals surface area contributed by atoms with Crippen molar-refractivity contribution in [1.82, 2.24) is 10.6 Å². The molecule has 0 aromatic carbocycles. The summed E-state index contributed by atoms with van der Waals surface area (Å²) in [5.74, 6) is -0.804. The van der Waals surface area contributed by atoms with Gasteiger partial charge in [-0.3, -0.25) is 4.79 Å². The van der Waals surface area contributed by atoms with Crippen molar-refractivity contribution in [2.45, 2.75) is 44.9 Å². The zero-order valence-corrected chi connectivity index (χ0v) is 12.3. The summed E-state index contributed by atoms with van der Waals surface area (Å²) in [5, 5.41) is 14.7. The molecule has 2 unspecified atom stereocenters. The van der Waals surface area contributed by atoms with Crippen molar-refractivity contribution in [2.75, 3.05) is 12.8 Å². The van der Waals surface area contributed by atoms with E-state index in [-0.39, 0.29) is 24.4 Å². The van der Waals surface area contributed by atoms with Crippen molar-refractivity contribution < 1.29 is 14.7 Å². The van der Waals surface area contributed by atoms with E-state index < -0.39 is 5.97 Å². The number of aliphatic carboxylic acids is 1. The molecule has 0 saturated heterocycles. The van der Waals surface area contributed by atoms with Crippen LogP contribution in [0.5, 0.6) is 0 Å². The van der Waals surface area contributed by atoms with E-state index in [0.29, 0.717) is 11.8 Å². The first kappa shape index (κ1) is 17.1. The fraction of sp³-hybridized carbons (Fsp3) is 0.833. The fourth-order valence-corrected chi connectivity index (χ4v) is 1.72. The maximum atomic E-state index is 11.6. The Morgan fingerprint density at radius 3 is 2.33 bits per heavy atom. The molecule has 0 aliphatic carbocycles. The van der Waals surface area contributed by atoms with Crippen LogP contribution in [0.2, 0.25) is 0 Å². The molecule has 18 heavy (non-hydrogen) atoms. The lowest BCUT2D eigenvalue weighted by Crippen LogP contribution is -2.45. The van der Waals surface area contributed by atoms with Crippen LogP contribution < -0.4 is 10.6 Å². The Balaban J connectivity index is 3.99. The number of rotatable bonds is 8. The Labute approximate surface area is 113 Å². The van der Waals surface area contributed by atoms with Crippen LogP contribution in [-0.2, 0) is 4.79 Å². The van der Waals surface area contributed by atoms with Gasteiger partial charge in [0.1, 0.15) is 0 Å². The van der Waals surface area contributed by atoms with Crippen LogP contribution >= 0.6 is 11.8 Å². The number of urea groups is 1.